The van der Waals surface area contributed by atoms with E-state index < -0.39 is 49.5 Å². The maximum Gasteiger partial charge on any atom is 0.220 e. The lowest BCUT2D eigenvalue weighted by Gasteiger charge is -2.40. The molecule has 7 unspecified atom stereocenters. The second-order valence-corrected chi connectivity index (χ2v) is 13.7. The van der Waals surface area contributed by atoms with Gasteiger partial charge >= 0.3 is 0 Å². The van der Waals surface area contributed by atoms with E-state index >= 15 is 0 Å². The van der Waals surface area contributed by atoms with E-state index in [0.717, 1.165) is 64.2 Å². The van der Waals surface area contributed by atoms with Crippen molar-refractivity contribution >= 4 is 5.91 Å². The Labute approximate surface area is 298 Å². The second-order valence-electron chi connectivity index (χ2n) is 13.7. The van der Waals surface area contributed by atoms with Crippen molar-refractivity contribution < 1.29 is 39.8 Å². The van der Waals surface area contributed by atoms with E-state index in [1.807, 2.05) is 6.08 Å². The van der Waals surface area contributed by atoms with Crippen molar-refractivity contribution in [2.24, 2.45) is 0 Å². The maximum atomic E-state index is 12.9. The van der Waals surface area contributed by atoms with Gasteiger partial charge in [0.05, 0.1) is 25.4 Å². The summed E-state index contributed by atoms with van der Waals surface area (Å²) >= 11 is 0. The average molecular weight is 696 g/mol. The molecule has 49 heavy (non-hydrogen) atoms. The van der Waals surface area contributed by atoms with Crippen LogP contribution in [-0.4, -0.2) is 87.5 Å². The summed E-state index contributed by atoms with van der Waals surface area (Å²) in [5, 5.41) is 53.8. The van der Waals surface area contributed by atoms with E-state index in [2.05, 4.69) is 43.5 Å². The molecule has 1 aliphatic heterocycles. The first kappa shape index (κ1) is 45.4. The molecule has 1 saturated heterocycles. The minimum absolute atomic E-state index is 0.194. The number of aliphatic hydroxyl groups is 5. The van der Waals surface area contributed by atoms with Crippen LogP contribution >= 0.6 is 0 Å². The Kier molecular flexibility index (Phi) is 28.9. The Balaban J connectivity index is 2.44. The van der Waals surface area contributed by atoms with E-state index in [9.17, 15) is 30.3 Å². The number of nitrogens with one attached hydrogen (secondary N) is 1. The maximum absolute atomic E-state index is 12.9. The summed E-state index contributed by atoms with van der Waals surface area (Å²) in [7, 11) is 0. The molecule has 1 rings (SSSR count). The lowest BCUT2D eigenvalue weighted by atomic mass is 9.99. The molecule has 286 valence electrons. The van der Waals surface area contributed by atoms with Gasteiger partial charge in [0.2, 0.25) is 5.91 Å². The number of carbonyl (C=O) groups excluding carboxylic acids is 1. The van der Waals surface area contributed by atoms with E-state index in [-0.39, 0.29) is 12.5 Å². The summed E-state index contributed by atoms with van der Waals surface area (Å²) in [4.78, 5) is 12.9. The number of ether oxygens (including phenoxy) is 2. The Morgan fingerprint density at radius 2 is 1.20 bits per heavy atom. The summed E-state index contributed by atoms with van der Waals surface area (Å²) in [5.41, 5.74) is 0. The highest BCUT2D eigenvalue weighted by Gasteiger charge is 2.44. The van der Waals surface area contributed by atoms with Gasteiger partial charge in [-0.3, -0.25) is 4.79 Å². The molecule has 9 nitrogen and oxygen atoms in total. The first-order chi connectivity index (χ1) is 23.8. The van der Waals surface area contributed by atoms with Crippen LogP contribution in [0.25, 0.3) is 0 Å². The summed E-state index contributed by atoms with van der Waals surface area (Å²) in [6.07, 6.45) is 29.0. The first-order valence-electron chi connectivity index (χ1n) is 19.7. The molecule has 0 radical (unpaired) electrons. The molecule has 1 amide bonds. The summed E-state index contributed by atoms with van der Waals surface area (Å²) in [6, 6.07) is -0.808. The molecule has 6 N–H and O–H groups in total. The number of unbranched alkanes of at least 4 members (excludes halogenated alkanes) is 17. The van der Waals surface area contributed by atoms with Crippen molar-refractivity contribution in [2.75, 3.05) is 13.2 Å². The molecule has 0 spiro atoms. The zero-order valence-electron chi connectivity index (χ0n) is 30.9. The lowest BCUT2D eigenvalue weighted by molar-refractivity contribution is -0.302. The molecule has 0 aliphatic carbocycles. The third kappa shape index (κ3) is 22.8. The molecule has 0 aromatic rings. The van der Waals surface area contributed by atoms with Gasteiger partial charge in [0, 0.05) is 6.42 Å². The quantitative estimate of drug-likeness (QED) is 0.0338. The van der Waals surface area contributed by atoms with Crippen LogP contribution in [0.5, 0.6) is 0 Å². The number of aliphatic hydroxyl groups excluding tert-OH is 5. The minimum Gasteiger partial charge on any atom is -0.394 e. The van der Waals surface area contributed by atoms with Gasteiger partial charge in [-0.15, -0.1) is 0 Å². The van der Waals surface area contributed by atoms with Crippen LogP contribution in [0.4, 0.5) is 0 Å². The monoisotopic (exact) mass is 696 g/mol. The van der Waals surface area contributed by atoms with E-state index in [4.69, 9.17) is 9.47 Å². The number of amides is 1. The van der Waals surface area contributed by atoms with Crippen molar-refractivity contribution in [1.82, 2.24) is 5.32 Å². The highest BCUT2D eigenvalue weighted by molar-refractivity contribution is 5.76. The average Bonchev–Trinajstić information content (AvgIpc) is 3.10. The zero-order valence-corrected chi connectivity index (χ0v) is 30.9. The van der Waals surface area contributed by atoms with Gasteiger partial charge in [0.15, 0.2) is 6.29 Å². The third-order valence-corrected chi connectivity index (χ3v) is 9.21. The summed E-state index contributed by atoms with van der Waals surface area (Å²) in [6.45, 7) is 3.69. The Bertz CT molecular complexity index is 863. The zero-order chi connectivity index (χ0) is 36.0. The van der Waals surface area contributed by atoms with Crippen LogP contribution in [0, 0.1) is 0 Å². The highest BCUT2D eigenvalue weighted by atomic mass is 16.7. The number of rotatable bonds is 31. The summed E-state index contributed by atoms with van der Waals surface area (Å²) in [5.74, 6) is -0.195. The Morgan fingerprint density at radius 1 is 0.694 bits per heavy atom. The van der Waals surface area contributed by atoms with Gasteiger partial charge < -0.3 is 40.3 Å². The fourth-order valence-electron chi connectivity index (χ4n) is 5.95. The van der Waals surface area contributed by atoms with Crippen LogP contribution in [0.1, 0.15) is 155 Å². The SMILES string of the molecule is CCCCCC/C=C\C/C=C\CCCCCCCC(=O)NC(COC1OC(CO)C(O)C(O)C1O)C(O)/C=C/CCCCCCCCCC. The number of hydrogen-bond acceptors (Lipinski definition) is 8. The second kappa shape index (κ2) is 31.2. The molecule has 9 heteroatoms. The number of hydrogen-bond donors (Lipinski definition) is 6. The molecule has 0 bridgehead atoms. The predicted octanol–water partition coefficient (Wildman–Crippen LogP) is 6.94. The molecule has 7 atom stereocenters. The molecule has 0 aromatic heterocycles. The first-order valence-corrected chi connectivity index (χ1v) is 19.7. The molecule has 1 heterocycles. The van der Waals surface area contributed by atoms with Crippen LogP contribution in [0.15, 0.2) is 36.5 Å². The highest BCUT2D eigenvalue weighted by Crippen LogP contribution is 2.22. The molecule has 1 fully saturated rings. The van der Waals surface area contributed by atoms with Gasteiger partial charge in [-0.2, -0.15) is 0 Å². The van der Waals surface area contributed by atoms with Crippen molar-refractivity contribution in [3.05, 3.63) is 36.5 Å². The van der Waals surface area contributed by atoms with E-state index in [0.29, 0.717) is 6.42 Å². The van der Waals surface area contributed by atoms with Crippen LogP contribution in [0.2, 0.25) is 0 Å². The molecular weight excluding hydrogens is 622 g/mol. The Morgan fingerprint density at radius 3 is 1.78 bits per heavy atom. The standard InChI is InChI=1S/C40H73NO8/c1-3-5-7-9-11-13-15-16-17-18-19-20-22-24-26-28-30-36(44)41-33(32-48-40-39(47)38(46)37(45)35(31-42)49-40)34(43)29-27-25-23-21-14-12-10-8-6-4-2/h13,15,17-18,27,29,33-35,37-40,42-43,45-47H,3-12,14,16,19-26,28,30-32H2,1-2H3,(H,41,44)/b15-13-,18-17-,29-27+. The van der Waals surface area contributed by atoms with Crippen molar-refractivity contribution in [3.63, 3.8) is 0 Å². The normalized spacial score (nSPS) is 22.8. The molecule has 0 aromatic carbocycles. The van der Waals surface area contributed by atoms with E-state index in [1.54, 1.807) is 6.08 Å². The topological polar surface area (TPSA) is 149 Å². The van der Waals surface area contributed by atoms with Gasteiger partial charge in [-0.05, 0) is 51.4 Å². The molecular formula is C40H73NO8. The third-order valence-electron chi connectivity index (χ3n) is 9.21. The minimum atomic E-state index is -1.57. The fourth-order valence-corrected chi connectivity index (χ4v) is 5.95. The molecule has 0 saturated carbocycles. The van der Waals surface area contributed by atoms with Crippen molar-refractivity contribution in [2.45, 2.75) is 198 Å². The smallest absolute Gasteiger partial charge is 0.220 e. The van der Waals surface area contributed by atoms with Gasteiger partial charge in [-0.25, -0.2) is 0 Å². The summed E-state index contributed by atoms with van der Waals surface area (Å²) < 4.78 is 11.1. The fraction of sp³-hybridized carbons (Fsp3) is 0.825. The van der Waals surface area contributed by atoms with Gasteiger partial charge in [-0.1, -0.05) is 134 Å². The van der Waals surface area contributed by atoms with Crippen LogP contribution in [0.3, 0.4) is 0 Å². The van der Waals surface area contributed by atoms with Crippen molar-refractivity contribution in [1.29, 1.82) is 0 Å². The van der Waals surface area contributed by atoms with E-state index in [1.165, 1.54) is 70.6 Å². The van der Waals surface area contributed by atoms with Crippen molar-refractivity contribution in [3.8, 4) is 0 Å². The van der Waals surface area contributed by atoms with Gasteiger partial charge in [0.25, 0.3) is 0 Å². The van der Waals surface area contributed by atoms with Crippen LogP contribution in [-0.2, 0) is 14.3 Å². The number of allylic oxidation sites excluding steroid dienone is 5. The largest absolute Gasteiger partial charge is 0.394 e. The van der Waals surface area contributed by atoms with Gasteiger partial charge in [0.1, 0.15) is 24.4 Å². The van der Waals surface area contributed by atoms with Crippen LogP contribution < -0.4 is 5.32 Å². The Hall–Kier alpha value is -1.59. The lowest BCUT2D eigenvalue weighted by Crippen LogP contribution is -2.60. The number of carbonyl (C=O) groups is 1. The molecule has 1 aliphatic rings. The predicted molar refractivity (Wildman–Crippen MR) is 198 cm³/mol.